The average Bonchev–Trinajstić information content (AvgIpc) is 2.38. The van der Waals surface area contributed by atoms with Crippen molar-refractivity contribution in [1.82, 2.24) is 0 Å². The minimum Gasteiger partial charge on any atom is -0.494 e. The van der Waals surface area contributed by atoms with Crippen LogP contribution in [0.5, 0.6) is 5.75 Å². The van der Waals surface area contributed by atoms with Crippen molar-refractivity contribution in [3.05, 3.63) is 29.8 Å². The molecule has 2 N–H and O–H groups in total. The van der Waals surface area contributed by atoms with Gasteiger partial charge in [0.2, 0.25) is 0 Å². The number of unbranched alkanes of at least 4 members (excludes halogenated alkanes) is 2. The van der Waals surface area contributed by atoms with Crippen LogP contribution in [0.1, 0.15) is 44.3 Å². The van der Waals surface area contributed by atoms with Crippen molar-refractivity contribution >= 4 is 0 Å². The molecule has 0 aliphatic heterocycles. The van der Waals surface area contributed by atoms with Crippen molar-refractivity contribution in [3.63, 3.8) is 0 Å². The molecule has 0 bridgehead atoms. The highest BCUT2D eigenvalue weighted by molar-refractivity contribution is 5.28. The number of hydrogen-bond donors (Lipinski definition) is 2. The van der Waals surface area contributed by atoms with Gasteiger partial charge < -0.3 is 14.9 Å². The van der Waals surface area contributed by atoms with Gasteiger partial charge in [0.1, 0.15) is 5.75 Å². The normalized spacial score (nSPS) is 12.4. The summed E-state index contributed by atoms with van der Waals surface area (Å²) >= 11 is 0. The molecule has 0 aliphatic carbocycles. The monoisotopic (exact) mass is 238 g/mol. The molecule has 1 aromatic carbocycles. The maximum atomic E-state index is 9.63. The second-order valence-electron chi connectivity index (χ2n) is 4.13. The Labute approximate surface area is 103 Å². The van der Waals surface area contributed by atoms with Gasteiger partial charge in [-0.2, -0.15) is 0 Å². The predicted octanol–water partition coefficient (Wildman–Crippen LogP) is 2.67. The molecule has 0 aliphatic rings. The van der Waals surface area contributed by atoms with Crippen molar-refractivity contribution in [2.45, 2.75) is 38.7 Å². The fourth-order valence-electron chi connectivity index (χ4n) is 1.60. The maximum Gasteiger partial charge on any atom is 0.119 e. The summed E-state index contributed by atoms with van der Waals surface area (Å²) in [6.07, 6.45) is 3.13. The van der Waals surface area contributed by atoms with Gasteiger partial charge in [0.15, 0.2) is 0 Å². The van der Waals surface area contributed by atoms with Gasteiger partial charge in [-0.05, 0) is 43.4 Å². The van der Waals surface area contributed by atoms with E-state index in [1.807, 2.05) is 31.2 Å². The molecule has 3 heteroatoms. The molecule has 0 amide bonds. The molecule has 0 spiro atoms. The van der Waals surface area contributed by atoms with E-state index in [2.05, 4.69) is 0 Å². The Morgan fingerprint density at radius 2 is 1.82 bits per heavy atom. The van der Waals surface area contributed by atoms with E-state index < -0.39 is 0 Å². The van der Waals surface area contributed by atoms with Crippen LogP contribution in [0.15, 0.2) is 24.3 Å². The third kappa shape index (κ3) is 5.20. The van der Waals surface area contributed by atoms with E-state index in [-0.39, 0.29) is 12.7 Å². The lowest BCUT2D eigenvalue weighted by Gasteiger charge is -2.10. The van der Waals surface area contributed by atoms with Gasteiger partial charge in [0, 0.05) is 6.61 Å². The van der Waals surface area contributed by atoms with Gasteiger partial charge in [-0.25, -0.2) is 0 Å². The molecule has 1 atom stereocenters. The Morgan fingerprint density at radius 3 is 2.41 bits per heavy atom. The van der Waals surface area contributed by atoms with Gasteiger partial charge >= 0.3 is 0 Å². The second-order valence-corrected chi connectivity index (χ2v) is 4.13. The number of rotatable bonds is 8. The van der Waals surface area contributed by atoms with Gasteiger partial charge in [-0.1, -0.05) is 19.1 Å². The molecule has 3 nitrogen and oxygen atoms in total. The van der Waals surface area contributed by atoms with Crippen LogP contribution in [0.4, 0.5) is 0 Å². The SMILES string of the molecule is CC[C@@H](O)c1ccc(OCCCCCO)cc1. The Kier molecular flexibility index (Phi) is 6.67. The van der Waals surface area contributed by atoms with Crippen molar-refractivity contribution in [1.29, 1.82) is 0 Å². The Morgan fingerprint density at radius 1 is 1.12 bits per heavy atom. The summed E-state index contributed by atoms with van der Waals surface area (Å²) in [4.78, 5) is 0. The minimum absolute atomic E-state index is 0.254. The molecule has 1 rings (SSSR count). The number of aliphatic hydroxyl groups is 2. The maximum absolute atomic E-state index is 9.63. The summed E-state index contributed by atoms with van der Waals surface area (Å²) in [6, 6.07) is 7.58. The van der Waals surface area contributed by atoms with Crippen molar-refractivity contribution in [3.8, 4) is 5.75 Å². The van der Waals surface area contributed by atoms with Gasteiger partial charge in [-0.3, -0.25) is 0 Å². The van der Waals surface area contributed by atoms with Crippen LogP contribution in [0.2, 0.25) is 0 Å². The van der Waals surface area contributed by atoms with Gasteiger partial charge in [0.05, 0.1) is 12.7 Å². The van der Waals surface area contributed by atoms with E-state index in [1.165, 1.54) is 0 Å². The lowest BCUT2D eigenvalue weighted by Crippen LogP contribution is -1.99. The van der Waals surface area contributed by atoms with E-state index in [0.717, 1.165) is 37.0 Å². The molecule has 0 aromatic heterocycles. The highest BCUT2D eigenvalue weighted by Crippen LogP contribution is 2.19. The molecular weight excluding hydrogens is 216 g/mol. The standard InChI is InChI=1S/C14H22O3/c1-2-14(16)12-6-8-13(9-7-12)17-11-5-3-4-10-15/h6-9,14-16H,2-5,10-11H2,1H3/t14-/m1/s1. The molecule has 0 saturated heterocycles. The Bertz CT molecular complexity index is 295. The van der Waals surface area contributed by atoms with E-state index in [0.29, 0.717) is 6.61 Å². The topological polar surface area (TPSA) is 49.7 Å². The Hall–Kier alpha value is -1.06. The summed E-state index contributed by atoms with van der Waals surface area (Å²) in [5, 5.41) is 18.3. The van der Waals surface area contributed by atoms with E-state index in [1.54, 1.807) is 0 Å². The lowest BCUT2D eigenvalue weighted by atomic mass is 10.1. The third-order valence-corrected chi connectivity index (χ3v) is 2.72. The first kappa shape index (κ1) is 14.0. The van der Waals surface area contributed by atoms with E-state index in [4.69, 9.17) is 9.84 Å². The first-order valence-electron chi connectivity index (χ1n) is 6.29. The third-order valence-electron chi connectivity index (χ3n) is 2.72. The second kappa shape index (κ2) is 8.09. The molecule has 0 radical (unpaired) electrons. The molecule has 0 saturated carbocycles. The predicted molar refractivity (Wildman–Crippen MR) is 68.1 cm³/mol. The average molecular weight is 238 g/mol. The molecular formula is C14H22O3. The molecule has 0 unspecified atom stereocenters. The number of ether oxygens (including phenoxy) is 1. The first-order chi connectivity index (χ1) is 8.27. The molecule has 0 heterocycles. The Balaban J connectivity index is 2.30. The van der Waals surface area contributed by atoms with Crippen LogP contribution < -0.4 is 4.74 Å². The summed E-state index contributed by atoms with van der Waals surface area (Å²) < 4.78 is 5.56. The van der Waals surface area contributed by atoms with Crippen LogP contribution in [0.25, 0.3) is 0 Å². The number of hydrogen-bond acceptors (Lipinski definition) is 3. The van der Waals surface area contributed by atoms with Gasteiger partial charge in [0.25, 0.3) is 0 Å². The van der Waals surface area contributed by atoms with Crippen LogP contribution in [-0.4, -0.2) is 23.4 Å². The van der Waals surface area contributed by atoms with Crippen molar-refractivity contribution < 1.29 is 14.9 Å². The molecule has 1 aromatic rings. The zero-order chi connectivity index (χ0) is 12.5. The summed E-state index contributed by atoms with van der Waals surface area (Å²) in [5.74, 6) is 0.834. The summed E-state index contributed by atoms with van der Waals surface area (Å²) in [6.45, 7) is 2.88. The molecule has 17 heavy (non-hydrogen) atoms. The van der Waals surface area contributed by atoms with Crippen molar-refractivity contribution in [2.24, 2.45) is 0 Å². The van der Waals surface area contributed by atoms with E-state index in [9.17, 15) is 5.11 Å². The van der Waals surface area contributed by atoms with Crippen LogP contribution in [0.3, 0.4) is 0 Å². The molecule has 0 fully saturated rings. The van der Waals surface area contributed by atoms with Crippen LogP contribution in [-0.2, 0) is 0 Å². The van der Waals surface area contributed by atoms with Crippen LogP contribution in [0, 0.1) is 0 Å². The highest BCUT2D eigenvalue weighted by atomic mass is 16.5. The summed E-state index contributed by atoms with van der Waals surface area (Å²) in [5.41, 5.74) is 0.931. The first-order valence-corrected chi connectivity index (χ1v) is 6.29. The largest absolute Gasteiger partial charge is 0.494 e. The fourth-order valence-corrected chi connectivity index (χ4v) is 1.60. The zero-order valence-electron chi connectivity index (χ0n) is 10.4. The highest BCUT2D eigenvalue weighted by Gasteiger charge is 2.04. The fraction of sp³-hybridized carbons (Fsp3) is 0.571. The lowest BCUT2D eigenvalue weighted by molar-refractivity contribution is 0.173. The van der Waals surface area contributed by atoms with Crippen molar-refractivity contribution in [2.75, 3.05) is 13.2 Å². The minimum atomic E-state index is -0.381. The summed E-state index contributed by atoms with van der Waals surface area (Å²) in [7, 11) is 0. The quantitative estimate of drug-likeness (QED) is 0.685. The van der Waals surface area contributed by atoms with Crippen LogP contribution >= 0.6 is 0 Å². The number of aliphatic hydroxyl groups excluding tert-OH is 2. The smallest absolute Gasteiger partial charge is 0.119 e. The van der Waals surface area contributed by atoms with Gasteiger partial charge in [-0.15, -0.1) is 0 Å². The van der Waals surface area contributed by atoms with E-state index >= 15 is 0 Å². The zero-order valence-corrected chi connectivity index (χ0v) is 10.4. The molecule has 96 valence electrons. The number of benzene rings is 1.